The Hall–Kier alpha value is -2.57. The second-order valence-corrected chi connectivity index (χ2v) is 4.37. The maximum atomic E-state index is 12.1. The van der Waals surface area contributed by atoms with Crippen molar-refractivity contribution in [2.45, 2.75) is 19.4 Å². The third kappa shape index (κ3) is 2.65. The van der Waals surface area contributed by atoms with Gasteiger partial charge in [0.25, 0.3) is 5.89 Å². The fourth-order valence-electron chi connectivity index (χ4n) is 1.40. The summed E-state index contributed by atoms with van der Waals surface area (Å²) >= 11 is 0. The second kappa shape index (κ2) is 4.97. The number of nitrogens with zero attached hydrogens (tertiary/aromatic N) is 3. The largest absolute Gasteiger partial charge is 0.413 e. The topological polar surface area (TPSA) is 98.0 Å². The summed E-state index contributed by atoms with van der Waals surface area (Å²) in [6, 6.07) is 3.46. The van der Waals surface area contributed by atoms with Crippen molar-refractivity contribution < 1.29 is 15.4 Å². The van der Waals surface area contributed by atoms with Crippen molar-refractivity contribution in [2.24, 2.45) is 0 Å². The molecule has 0 unspecified atom stereocenters. The Morgan fingerprint density at radius 2 is 2.26 bits per heavy atom. The van der Waals surface area contributed by atoms with Gasteiger partial charge in [-0.15, -0.1) is 10.2 Å². The van der Waals surface area contributed by atoms with Gasteiger partial charge in [0, 0.05) is 13.8 Å². The minimum atomic E-state index is -1.10. The molecule has 0 spiro atoms. The molecule has 0 bridgehead atoms. The van der Waals surface area contributed by atoms with E-state index in [2.05, 4.69) is 20.5 Å². The van der Waals surface area contributed by atoms with Crippen LogP contribution in [0.15, 0.2) is 28.9 Å². The van der Waals surface area contributed by atoms with Crippen LogP contribution >= 0.6 is 0 Å². The third-order valence-corrected chi connectivity index (χ3v) is 2.52. The molecule has 0 fully saturated rings. The number of carbonyl (C=O) groups excluding carboxylic acids is 2. The summed E-state index contributed by atoms with van der Waals surface area (Å²) in [5.74, 6) is -0.404. The monoisotopic (exact) mass is 262 g/mol. The zero-order valence-electron chi connectivity index (χ0n) is 10.5. The van der Waals surface area contributed by atoms with E-state index in [4.69, 9.17) is 4.42 Å². The number of hydrogen-bond acceptors (Lipinski definition) is 6. The molecule has 7 nitrogen and oxygen atoms in total. The minimum Gasteiger partial charge on any atom is -0.413 e. The highest BCUT2D eigenvalue weighted by molar-refractivity contribution is 6.00. The molecule has 2 rings (SSSR count). The van der Waals surface area contributed by atoms with Crippen molar-refractivity contribution in [1.29, 1.82) is 0 Å². The molecule has 2 aromatic heterocycles. The number of Topliss-reactive ketones (excluding diaryl/α,β-unsaturated/α-hetero) is 1. The SMILES string of the molecule is CC(C)(NC=O)C(=O)c1nnc(-c2cccnc2)o1.[HH]. The number of amides is 1. The Labute approximate surface area is 110 Å². The van der Waals surface area contributed by atoms with E-state index >= 15 is 0 Å². The average Bonchev–Trinajstić information content (AvgIpc) is 2.88. The van der Waals surface area contributed by atoms with E-state index in [-0.39, 0.29) is 13.2 Å². The van der Waals surface area contributed by atoms with E-state index in [1.807, 2.05) is 0 Å². The molecular weight excluding hydrogens is 248 g/mol. The number of aromatic nitrogens is 3. The molecule has 0 aliphatic carbocycles. The van der Waals surface area contributed by atoms with E-state index in [0.717, 1.165) is 0 Å². The maximum absolute atomic E-state index is 12.1. The summed E-state index contributed by atoms with van der Waals surface area (Å²) in [6.45, 7) is 3.11. The summed E-state index contributed by atoms with van der Waals surface area (Å²) in [7, 11) is 0. The summed E-state index contributed by atoms with van der Waals surface area (Å²) in [5.41, 5.74) is -0.476. The summed E-state index contributed by atoms with van der Waals surface area (Å²) < 4.78 is 5.30. The molecule has 0 radical (unpaired) electrons. The van der Waals surface area contributed by atoms with Crippen molar-refractivity contribution in [3.63, 3.8) is 0 Å². The van der Waals surface area contributed by atoms with Crippen LogP contribution in [0.3, 0.4) is 0 Å². The predicted molar refractivity (Wildman–Crippen MR) is 67.3 cm³/mol. The molecule has 2 heterocycles. The molecule has 100 valence electrons. The molecule has 0 saturated carbocycles. The van der Waals surface area contributed by atoms with Crippen molar-refractivity contribution >= 4 is 12.2 Å². The number of rotatable bonds is 5. The van der Waals surface area contributed by atoms with Crippen LogP contribution in [-0.2, 0) is 4.79 Å². The third-order valence-electron chi connectivity index (χ3n) is 2.52. The predicted octanol–water partition coefficient (Wildman–Crippen LogP) is 1.08. The van der Waals surface area contributed by atoms with Gasteiger partial charge in [0.1, 0.15) is 5.54 Å². The zero-order valence-corrected chi connectivity index (χ0v) is 10.5. The van der Waals surface area contributed by atoms with Crippen LogP contribution in [0.5, 0.6) is 0 Å². The van der Waals surface area contributed by atoms with Gasteiger partial charge in [0.15, 0.2) is 0 Å². The van der Waals surface area contributed by atoms with Crippen molar-refractivity contribution in [3.05, 3.63) is 30.4 Å². The van der Waals surface area contributed by atoms with Gasteiger partial charge < -0.3 is 9.73 Å². The molecule has 2 aromatic rings. The Morgan fingerprint density at radius 3 is 2.89 bits per heavy atom. The van der Waals surface area contributed by atoms with Crippen molar-refractivity contribution in [2.75, 3.05) is 0 Å². The first kappa shape index (κ1) is 12.9. The molecule has 1 amide bonds. The van der Waals surface area contributed by atoms with Gasteiger partial charge in [0.2, 0.25) is 18.1 Å². The molecule has 0 atom stereocenters. The van der Waals surface area contributed by atoms with Crippen LogP contribution in [0.4, 0.5) is 0 Å². The van der Waals surface area contributed by atoms with E-state index in [1.165, 1.54) is 0 Å². The molecule has 0 aliphatic heterocycles. The number of nitrogens with one attached hydrogen (secondary N) is 1. The Kier molecular flexibility index (Phi) is 3.37. The van der Waals surface area contributed by atoms with E-state index < -0.39 is 11.3 Å². The van der Waals surface area contributed by atoms with Crippen LogP contribution in [0, 0.1) is 0 Å². The smallest absolute Gasteiger partial charge is 0.286 e. The quantitative estimate of drug-likeness (QED) is 0.639. The van der Waals surface area contributed by atoms with Gasteiger partial charge in [0.05, 0.1) is 5.56 Å². The van der Waals surface area contributed by atoms with Gasteiger partial charge in [-0.2, -0.15) is 0 Å². The Balaban J connectivity index is 0.00000200. The van der Waals surface area contributed by atoms with Crippen LogP contribution in [0.25, 0.3) is 11.5 Å². The fourth-order valence-corrected chi connectivity index (χ4v) is 1.40. The van der Waals surface area contributed by atoms with E-state index in [0.29, 0.717) is 12.0 Å². The molecule has 0 saturated heterocycles. The second-order valence-electron chi connectivity index (χ2n) is 4.37. The number of ketones is 1. The van der Waals surface area contributed by atoms with E-state index in [1.54, 1.807) is 38.4 Å². The molecule has 0 aromatic carbocycles. The number of carbonyl (C=O) groups is 2. The lowest BCUT2D eigenvalue weighted by Gasteiger charge is -2.19. The standard InChI is InChI=1S/C12H12N4O3.H2/c1-12(2,14-7-17)9(18)11-16-15-10(19-11)8-4-3-5-13-6-8;/h3-7H,1-2H3,(H,14,17);1H. The lowest BCUT2D eigenvalue weighted by Crippen LogP contribution is -2.46. The zero-order chi connectivity index (χ0) is 13.9. The molecular formula is C12H14N4O3. The molecule has 7 heteroatoms. The van der Waals surface area contributed by atoms with Gasteiger partial charge in [-0.3, -0.25) is 14.6 Å². The Morgan fingerprint density at radius 1 is 1.47 bits per heavy atom. The first-order chi connectivity index (χ1) is 9.04. The summed E-state index contributed by atoms with van der Waals surface area (Å²) in [4.78, 5) is 26.4. The van der Waals surface area contributed by atoms with Crippen LogP contribution in [0.1, 0.15) is 26.0 Å². The van der Waals surface area contributed by atoms with Gasteiger partial charge >= 0.3 is 0 Å². The van der Waals surface area contributed by atoms with Crippen LogP contribution < -0.4 is 5.32 Å². The number of hydrogen-bond donors (Lipinski definition) is 1. The van der Waals surface area contributed by atoms with Gasteiger partial charge in [-0.05, 0) is 26.0 Å². The van der Waals surface area contributed by atoms with Crippen molar-refractivity contribution in [1.82, 2.24) is 20.5 Å². The highest BCUT2D eigenvalue weighted by Crippen LogP contribution is 2.18. The van der Waals surface area contributed by atoms with Crippen LogP contribution in [-0.4, -0.2) is 32.9 Å². The normalized spacial score (nSPS) is 11.1. The van der Waals surface area contributed by atoms with E-state index in [9.17, 15) is 9.59 Å². The molecule has 0 aliphatic rings. The lowest BCUT2D eigenvalue weighted by atomic mass is 10.00. The summed E-state index contributed by atoms with van der Waals surface area (Å²) in [6.07, 6.45) is 3.62. The first-order valence-electron chi connectivity index (χ1n) is 5.54. The molecule has 19 heavy (non-hydrogen) atoms. The highest BCUT2D eigenvalue weighted by Gasteiger charge is 2.32. The summed E-state index contributed by atoms with van der Waals surface area (Å²) in [5, 5.41) is 9.88. The van der Waals surface area contributed by atoms with Gasteiger partial charge in [-0.1, -0.05) is 0 Å². The first-order valence-corrected chi connectivity index (χ1v) is 5.54. The minimum absolute atomic E-state index is 0. The van der Waals surface area contributed by atoms with Gasteiger partial charge in [-0.25, -0.2) is 0 Å². The maximum Gasteiger partial charge on any atom is 0.286 e. The van der Waals surface area contributed by atoms with Crippen molar-refractivity contribution in [3.8, 4) is 11.5 Å². The fraction of sp³-hybridized carbons (Fsp3) is 0.250. The van der Waals surface area contributed by atoms with Crippen LogP contribution in [0.2, 0.25) is 0 Å². The average molecular weight is 262 g/mol. The lowest BCUT2D eigenvalue weighted by molar-refractivity contribution is -0.110. The molecule has 1 N–H and O–H groups in total. The number of pyridine rings is 1. The highest BCUT2D eigenvalue weighted by atomic mass is 16.4. The Bertz CT molecular complexity index is 598.